The van der Waals surface area contributed by atoms with Crippen molar-refractivity contribution in [3.8, 4) is 11.1 Å². The molecule has 0 bridgehead atoms. The fourth-order valence-electron chi connectivity index (χ4n) is 1.60. The molecule has 2 N–H and O–H groups in total. The highest BCUT2D eigenvalue weighted by Gasteiger charge is 2.01. The van der Waals surface area contributed by atoms with Crippen LogP contribution in [0.3, 0.4) is 0 Å². The van der Waals surface area contributed by atoms with Gasteiger partial charge in [-0.25, -0.2) is 0 Å². The molecule has 1 atom stereocenters. The second kappa shape index (κ2) is 4.94. The van der Waals surface area contributed by atoms with Crippen LogP contribution in [0.5, 0.6) is 0 Å². The molecule has 0 spiro atoms. The van der Waals surface area contributed by atoms with Gasteiger partial charge >= 0.3 is 0 Å². The Balaban J connectivity index is 2.08. The Hall–Kier alpha value is -1.61. The quantitative estimate of drug-likeness (QED) is 0.850. The molecule has 3 heteroatoms. The van der Waals surface area contributed by atoms with Gasteiger partial charge in [0.15, 0.2) is 0 Å². The van der Waals surface area contributed by atoms with Gasteiger partial charge in [-0.15, -0.1) is 0 Å². The molecule has 0 aliphatic carbocycles. The Morgan fingerprint density at radius 2 is 2.00 bits per heavy atom. The molecule has 0 aliphatic rings. The fraction of sp³-hybridized carbons (Fsp3) is 0.308. The Kier molecular flexibility index (Phi) is 3.37. The number of hydrogen-bond acceptors (Lipinski definition) is 2. The molecular weight excluding hydrogens is 198 g/mol. The highest BCUT2D eigenvalue weighted by Crippen LogP contribution is 2.17. The van der Waals surface area contributed by atoms with Crippen molar-refractivity contribution in [2.24, 2.45) is 5.73 Å². The van der Waals surface area contributed by atoms with Crippen molar-refractivity contribution in [2.75, 3.05) is 0 Å². The molecule has 0 saturated heterocycles. The van der Waals surface area contributed by atoms with Crippen molar-refractivity contribution in [2.45, 2.75) is 25.9 Å². The van der Waals surface area contributed by atoms with Crippen LogP contribution in [0.1, 0.15) is 13.3 Å². The highest BCUT2D eigenvalue weighted by molar-refractivity contribution is 5.61. The average Bonchev–Trinajstić information content (AvgIpc) is 2.76. The molecule has 1 aromatic carbocycles. The summed E-state index contributed by atoms with van der Waals surface area (Å²) in [5, 5.41) is 4.33. The van der Waals surface area contributed by atoms with E-state index in [2.05, 4.69) is 23.4 Å². The molecule has 3 nitrogen and oxygen atoms in total. The van der Waals surface area contributed by atoms with Crippen LogP contribution in [-0.4, -0.2) is 15.8 Å². The van der Waals surface area contributed by atoms with Crippen LogP contribution in [0.4, 0.5) is 0 Å². The third kappa shape index (κ3) is 2.70. The molecular formula is C13H17N3. The minimum absolute atomic E-state index is 0.226. The van der Waals surface area contributed by atoms with E-state index >= 15 is 0 Å². The number of nitrogens with two attached hydrogens (primary N) is 1. The van der Waals surface area contributed by atoms with Crippen LogP contribution in [0, 0.1) is 0 Å². The van der Waals surface area contributed by atoms with Gasteiger partial charge in [0, 0.05) is 24.3 Å². The van der Waals surface area contributed by atoms with E-state index < -0.39 is 0 Å². The first kappa shape index (κ1) is 10.9. The van der Waals surface area contributed by atoms with Crippen LogP contribution in [-0.2, 0) is 6.54 Å². The summed E-state index contributed by atoms with van der Waals surface area (Å²) < 4.78 is 1.95. The first-order valence-corrected chi connectivity index (χ1v) is 5.59. The van der Waals surface area contributed by atoms with Gasteiger partial charge in [-0.2, -0.15) is 5.10 Å². The summed E-state index contributed by atoms with van der Waals surface area (Å²) in [7, 11) is 0. The first-order valence-electron chi connectivity index (χ1n) is 5.59. The Morgan fingerprint density at radius 1 is 1.25 bits per heavy atom. The van der Waals surface area contributed by atoms with Gasteiger partial charge in [-0.3, -0.25) is 4.68 Å². The van der Waals surface area contributed by atoms with Crippen LogP contribution < -0.4 is 5.73 Å². The zero-order valence-electron chi connectivity index (χ0n) is 9.50. The maximum Gasteiger partial charge on any atom is 0.0568 e. The van der Waals surface area contributed by atoms with Crippen LogP contribution in [0.25, 0.3) is 11.1 Å². The predicted molar refractivity (Wildman–Crippen MR) is 65.9 cm³/mol. The third-order valence-corrected chi connectivity index (χ3v) is 2.55. The molecule has 1 unspecified atom stereocenters. The molecule has 0 radical (unpaired) electrons. The lowest BCUT2D eigenvalue weighted by Gasteiger charge is -2.04. The molecule has 0 saturated carbocycles. The molecule has 84 valence electrons. The van der Waals surface area contributed by atoms with Crippen molar-refractivity contribution in [1.82, 2.24) is 9.78 Å². The molecule has 0 aliphatic heterocycles. The van der Waals surface area contributed by atoms with Crippen LogP contribution in [0.15, 0.2) is 42.7 Å². The summed E-state index contributed by atoms with van der Waals surface area (Å²) in [6.07, 6.45) is 4.92. The van der Waals surface area contributed by atoms with E-state index in [0.29, 0.717) is 0 Å². The van der Waals surface area contributed by atoms with Crippen LogP contribution >= 0.6 is 0 Å². The SMILES string of the molecule is CC(N)CCn1cc(-c2ccccc2)cn1. The number of benzene rings is 1. The molecule has 2 rings (SSSR count). The minimum Gasteiger partial charge on any atom is -0.328 e. The zero-order valence-corrected chi connectivity index (χ0v) is 9.50. The number of aryl methyl sites for hydroxylation is 1. The van der Waals surface area contributed by atoms with E-state index in [0.717, 1.165) is 18.5 Å². The second-order valence-electron chi connectivity index (χ2n) is 4.12. The number of aromatic nitrogens is 2. The molecule has 1 aromatic heterocycles. The van der Waals surface area contributed by atoms with E-state index in [4.69, 9.17) is 5.73 Å². The van der Waals surface area contributed by atoms with Crippen molar-refractivity contribution in [1.29, 1.82) is 0 Å². The standard InChI is InChI=1S/C13H17N3/c1-11(14)7-8-16-10-13(9-15-16)12-5-3-2-4-6-12/h2-6,9-11H,7-8,14H2,1H3. The molecule has 16 heavy (non-hydrogen) atoms. The van der Waals surface area contributed by atoms with Gasteiger partial charge in [-0.05, 0) is 18.9 Å². The second-order valence-corrected chi connectivity index (χ2v) is 4.12. The van der Waals surface area contributed by atoms with E-state index in [1.807, 2.05) is 36.0 Å². The molecule has 2 aromatic rings. The summed E-state index contributed by atoms with van der Waals surface area (Å²) in [6.45, 7) is 2.89. The Labute approximate surface area is 95.9 Å². The van der Waals surface area contributed by atoms with Gasteiger partial charge in [0.1, 0.15) is 0 Å². The lowest BCUT2D eigenvalue weighted by molar-refractivity contribution is 0.530. The van der Waals surface area contributed by atoms with Gasteiger partial charge in [-0.1, -0.05) is 30.3 Å². The Morgan fingerprint density at radius 3 is 2.69 bits per heavy atom. The number of hydrogen-bond donors (Lipinski definition) is 1. The summed E-state index contributed by atoms with van der Waals surface area (Å²) >= 11 is 0. The van der Waals surface area contributed by atoms with Gasteiger partial charge in [0.2, 0.25) is 0 Å². The van der Waals surface area contributed by atoms with Crippen molar-refractivity contribution in [3.05, 3.63) is 42.7 Å². The third-order valence-electron chi connectivity index (χ3n) is 2.55. The van der Waals surface area contributed by atoms with E-state index in [9.17, 15) is 0 Å². The zero-order chi connectivity index (χ0) is 11.4. The van der Waals surface area contributed by atoms with Crippen molar-refractivity contribution in [3.63, 3.8) is 0 Å². The highest BCUT2D eigenvalue weighted by atomic mass is 15.3. The summed E-state index contributed by atoms with van der Waals surface area (Å²) in [6, 6.07) is 10.5. The summed E-state index contributed by atoms with van der Waals surface area (Å²) in [5.74, 6) is 0. The lowest BCUT2D eigenvalue weighted by atomic mass is 10.1. The maximum absolute atomic E-state index is 5.72. The fourth-order valence-corrected chi connectivity index (χ4v) is 1.60. The van der Waals surface area contributed by atoms with E-state index in [1.165, 1.54) is 5.56 Å². The van der Waals surface area contributed by atoms with Gasteiger partial charge in [0.05, 0.1) is 6.20 Å². The Bertz CT molecular complexity index is 431. The summed E-state index contributed by atoms with van der Waals surface area (Å²) in [4.78, 5) is 0. The average molecular weight is 215 g/mol. The number of rotatable bonds is 4. The smallest absolute Gasteiger partial charge is 0.0568 e. The topological polar surface area (TPSA) is 43.8 Å². The monoisotopic (exact) mass is 215 g/mol. The largest absolute Gasteiger partial charge is 0.328 e. The predicted octanol–water partition coefficient (Wildman–Crippen LogP) is 2.29. The molecule has 0 fully saturated rings. The van der Waals surface area contributed by atoms with Gasteiger partial charge < -0.3 is 5.73 Å². The van der Waals surface area contributed by atoms with Crippen molar-refractivity contribution < 1.29 is 0 Å². The molecule has 0 amide bonds. The van der Waals surface area contributed by atoms with Crippen LogP contribution in [0.2, 0.25) is 0 Å². The number of nitrogens with zero attached hydrogens (tertiary/aromatic N) is 2. The van der Waals surface area contributed by atoms with E-state index in [1.54, 1.807) is 0 Å². The maximum atomic E-state index is 5.72. The van der Waals surface area contributed by atoms with Gasteiger partial charge in [0.25, 0.3) is 0 Å². The van der Waals surface area contributed by atoms with E-state index in [-0.39, 0.29) is 6.04 Å². The summed E-state index contributed by atoms with van der Waals surface area (Å²) in [5.41, 5.74) is 8.08. The molecule has 1 heterocycles. The lowest BCUT2D eigenvalue weighted by Crippen LogP contribution is -2.17. The first-order chi connectivity index (χ1) is 7.75. The normalized spacial score (nSPS) is 12.6. The minimum atomic E-state index is 0.226. The van der Waals surface area contributed by atoms with Crippen molar-refractivity contribution >= 4 is 0 Å².